The lowest BCUT2D eigenvalue weighted by Crippen LogP contribution is -2.37. The number of nitrogens with zero attached hydrogens (tertiary/aromatic N) is 2. The zero-order chi connectivity index (χ0) is 17.3. The molecule has 0 radical (unpaired) electrons. The molecule has 0 aliphatic carbocycles. The van der Waals surface area contributed by atoms with Gasteiger partial charge in [-0.3, -0.25) is 14.5 Å². The number of nitrogens with one attached hydrogen (secondary N) is 1. The third-order valence-corrected chi connectivity index (χ3v) is 5.06. The predicted molar refractivity (Wildman–Crippen MR) is 83.7 cm³/mol. The highest BCUT2D eigenvalue weighted by atomic mass is 32.2. The van der Waals surface area contributed by atoms with Gasteiger partial charge in [0.05, 0.1) is 29.1 Å². The molecule has 2 aromatic rings. The Balaban J connectivity index is 1.62. The van der Waals surface area contributed by atoms with Crippen LogP contribution in [0, 0.1) is 6.92 Å². The van der Waals surface area contributed by atoms with Crippen LogP contribution < -0.4 is 4.72 Å². The summed E-state index contributed by atoms with van der Waals surface area (Å²) < 4.78 is 31.5. The summed E-state index contributed by atoms with van der Waals surface area (Å²) in [5, 5.41) is 0. The minimum Gasteiger partial charge on any atom is -0.447 e. The molecule has 2 heterocycles. The van der Waals surface area contributed by atoms with Gasteiger partial charge in [0.1, 0.15) is 5.76 Å². The average Bonchev–Trinajstić information content (AvgIpc) is 3.07. The molecule has 0 unspecified atom stereocenters. The van der Waals surface area contributed by atoms with E-state index in [2.05, 4.69) is 9.71 Å². The summed E-state index contributed by atoms with van der Waals surface area (Å²) in [5.41, 5.74) is 1.19. The summed E-state index contributed by atoms with van der Waals surface area (Å²) >= 11 is 0. The van der Waals surface area contributed by atoms with E-state index in [1.54, 1.807) is 31.2 Å². The van der Waals surface area contributed by atoms with Crippen molar-refractivity contribution in [2.75, 3.05) is 12.3 Å². The molecule has 1 N–H and O–H groups in total. The van der Waals surface area contributed by atoms with Gasteiger partial charge in [-0.05, 0) is 19.1 Å². The molecule has 0 spiro atoms. The van der Waals surface area contributed by atoms with Crippen molar-refractivity contribution in [2.24, 2.45) is 0 Å². The fourth-order valence-electron chi connectivity index (χ4n) is 2.40. The smallest absolute Gasteiger partial charge is 0.261 e. The van der Waals surface area contributed by atoms with Crippen molar-refractivity contribution >= 4 is 21.8 Å². The second-order valence-electron chi connectivity index (χ2n) is 5.31. The van der Waals surface area contributed by atoms with E-state index in [1.807, 2.05) is 0 Å². The van der Waals surface area contributed by atoms with Crippen LogP contribution in [0.2, 0.25) is 0 Å². The van der Waals surface area contributed by atoms with Crippen LogP contribution in [0.15, 0.2) is 35.1 Å². The van der Waals surface area contributed by atoms with E-state index < -0.39 is 21.8 Å². The number of fused-ring (bicyclic) bond motifs is 1. The Morgan fingerprint density at radius 3 is 2.33 bits per heavy atom. The number of hydrogen-bond donors (Lipinski definition) is 1. The van der Waals surface area contributed by atoms with E-state index in [4.69, 9.17) is 4.42 Å². The van der Waals surface area contributed by atoms with Gasteiger partial charge in [0.2, 0.25) is 10.0 Å². The number of benzene rings is 1. The highest BCUT2D eigenvalue weighted by Gasteiger charge is 2.35. The van der Waals surface area contributed by atoms with Crippen LogP contribution in [0.25, 0.3) is 0 Å². The van der Waals surface area contributed by atoms with Gasteiger partial charge < -0.3 is 4.42 Å². The third-order valence-electron chi connectivity index (χ3n) is 3.76. The van der Waals surface area contributed by atoms with Crippen LogP contribution in [0.5, 0.6) is 0 Å². The number of aromatic nitrogens is 1. The quantitative estimate of drug-likeness (QED) is 0.769. The van der Waals surface area contributed by atoms with Crippen molar-refractivity contribution in [3.8, 4) is 0 Å². The Kier molecular flexibility index (Phi) is 4.20. The maximum Gasteiger partial charge on any atom is 0.261 e. The van der Waals surface area contributed by atoms with Crippen LogP contribution >= 0.6 is 0 Å². The SMILES string of the molecule is Cc1ncoc1CNS(=O)(=O)CCN1C(=O)c2ccccc2C1=O. The van der Waals surface area contributed by atoms with E-state index in [1.165, 1.54) is 6.39 Å². The molecule has 0 saturated heterocycles. The second-order valence-corrected chi connectivity index (χ2v) is 7.23. The van der Waals surface area contributed by atoms with E-state index in [-0.39, 0.29) is 18.8 Å². The van der Waals surface area contributed by atoms with Gasteiger partial charge in [0, 0.05) is 6.54 Å². The summed E-state index contributed by atoms with van der Waals surface area (Å²) in [4.78, 5) is 29.2. The average molecular weight is 349 g/mol. The normalized spacial score (nSPS) is 14.3. The van der Waals surface area contributed by atoms with Crippen LogP contribution in [0.3, 0.4) is 0 Å². The monoisotopic (exact) mass is 349 g/mol. The summed E-state index contributed by atoms with van der Waals surface area (Å²) in [6, 6.07) is 6.42. The summed E-state index contributed by atoms with van der Waals surface area (Å²) in [7, 11) is -3.68. The molecule has 1 aliphatic rings. The molecule has 2 amide bonds. The van der Waals surface area contributed by atoms with Gasteiger partial charge in [0.25, 0.3) is 11.8 Å². The Morgan fingerprint density at radius 2 is 1.79 bits per heavy atom. The molecule has 0 atom stereocenters. The van der Waals surface area contributed by atoms with E-state index >= 15 is 0 Å². The third kappa shape index (κ3) is 3.08. The maximum atomic E-state index is 12.2. The van der Waals surface area contributed by atoms with Crippen LogP contribution in [0.4, 0.5) is 0 Å². The molecule has 1 aromatic heterocycles. The van der Waals surface area contributed by atoms with Crippen molar-refractivity contribution in [2.45, 2.75) is 13.5 Å². The van der Waals surface area contributed by atoms with Crippen LogP contribution in [-0.4, -0.2) is 42.4 Å². The minimum absolute atomic E-state index is 0.0315. The fourth-order valence-corrected chi connectivity index (χ4v) is 3.32. The number of aryl methyl sites for hydroxylation is 1. The first-order chi connectivity index (χ1) is 11.4. The number of oxazole rings is 1. The van der Waals surface area contributed by atoms with Gasteiger partial charge in [-0.1, -0.05) is 12.1 Å². The largest absolute Gasteiger partial charge is 0.447 e. The summed E-state index contributed by atoms with van der Waals surface area (Å²) in [5.74, 6) is -0.917. The lowest BCUT2D eigenvalue weighted by molar-refractivity contribution is 0.0664. The topological polar surface area (TPSA) is 110 Å². The minimum atomic E-state index is -3.68. The highest BCUT2D eigenvalue weighted by Crippen LogP contribution is 2.22. The Morgan fingerprint density at radius 1 is 1.17 bits per heavy atom. The maximum absolute atomic E-state index is 12.2. The van der Waals surface area contributed by atoms with Crippen LogP contribution in [0.1, 0.15) is 32.2 Å². The van der Waals surface area contributed by atoms with Crippen molar-refractivity contribution in [3.63, 3.8) is 0 Å². The first-order valence-electron chi connectivity index (χ1n) is 7.20. The number of imide groups is 1. The lowest BCUT2D eigenvalue weighted by atomic mass is 10.1. The van der Waals surface area contributed by atoms with Crippen molar-refractivity contribution in [1.29, 1.82) is 0 Å². The Bertz CT molecular complexity index is 868. The first kappa shape index (κ1) is 16.3. The molecule has 9 heteroatoms. The number of amides is 2. The number of sulfonamides is 1. The van der Waals surface area contributed by atoms with Gasteiger partial charge in [-0.15, -0.1) is 0 Å². The zero-order valence-electron chi connectivity index (χ0n) is 12.9. The molecule has 126 valence electrons. The molecule has 1 aromatic carbocycles. The van der Waals surface area contributed by atoms with Crippen molar-refractivity contribution in [1.82, 2.24) is 14.6 Å². The van der Waals surface area contributed by atoms with E-state index in [9.17, 15) is 18.0 Å². The second kappa shape index (κ2) is 6.17. The van der Waals surface area contributed by atoms with Gasteiger partial charge in [0.15, 0.2) is 6.39 Å². The molecular weight excluding hydrogens is 334 g/mol. The predicted octanol–water partition coefficient (Wildman–Crippen LogP) is 0.699. The molecule has 24 heavy (non-hydrogen) atoms. The highest BCUT2D eigenvalue weighted by molar-refractivity contribution is 7.89. The Hall–Kier alpha value is -2.52. The van der Waals surface area contributed by atoms with Crippen LogP contribution in [-0.2, 0) is 16.6 Å². The van der Waals surface area contributed by atoms with Gasteiger partial charge >= 0.3 is 0 Å². The number of carbonyl (C=O) groups excluding carboxylic acids is 2. The van der Waals surface area contributed by atoms with E-state index in [0.717, 1.165) is 4.90 Å². The molecular formula is C15H15N3O5S. The molecule has 8 nitrogen and oxygen atoms in total. The van der Waals surface area contributed by atoms with Gasteiger partial charge in [-0.2, -0.15) is 0 Å². The molecule has 3 rings (SSSR count). The fraction of sp³-hybridized carbons (Fsp3) is 0.267. The van der Waals surface area contributed by atoms with Gasteiger partial charge in [-0.25, -0.2) is 18.1 Å². The molecule has 1 aliphatic heterocycles. The molecule has 0 bridgehead atoms. The first-order valence-corrected chi connectivity index (χ1v) is 8.86. The van der Waals surface area contributed by atoms with E-state index in [0.29, 0.717) is 22.6 Å². The Labute approximate surface area is 138 Å². The zero-order valence-corrected chi connectivity index (χ0v) is 13.7. The number of rotatable bonds is 6. The summed E-state index contributed by atoms with van der Waals surface area (Å²) in [6.07, 6.45) is 1.23. The summed E-state index contributed by atoms with van der Waals surface area (Å²) in [6.45, 7) is 1.46. The standard InChI is InChI=1S/C15H15N3O5S/c1-10-13(23-9-16-10)8-17-24(21,22)7-6-18-14(19)11-4-2-3-5-12(11)15(18)20/h2-5,9,17H,6-8H2,1H3. The van der Waals surface area contributed by atoms with Crippen molar-refractivity contribution in [3.05, 3.63) is 53.2 Å². The van der Waals surface area contributed by atoms with Crippen molar-refractivity contribution < 1.29 is 22.4 Å². The number of hydrogen-bond acceptors (Lipinski definition) is 6. The number of carbonyl (C=O) groups is 2. The molecule has 0 saturated carbocycles. The molecule has 0 fully saturated rings. The lowest BCUT2D eigenvalue weighted by Gasteiger charge is -2.14.